The molecule has 0 saturated carbocycles. The molecule has 0 saturated heterocycles. The van der Waals surface area contributed by atoms with Crippen molar-refractivity contribution in [3.05, 3.63) is 9.81 Å². The largest absolute Gasteiger partial charge is 0.459 e. The first-order valence-corrected chi connectivity index (χ1v) is 6.54. The van der Waals surface area contributed by atoms with Crippen LogP contribution in [-0.4, -0.2) is 38.8 Å². The molecule has 0 fully saturated rings. The number of nitrogens with zero attached hydrogens (tertiary/aromatic N) is 1. The molecule has 0 aliphatic rings. The molecule has 0 aliphatic carbocycles. The number of hydrogen-bond acceptors (Lipinski definition) is 6. The van der Waals surface area contributed by atoms with Crippen LogP contribution in [-0.2, 0) is 14.3 Å². The van der Waals surface area contributed by atoms with E-state index in [0.29, 0.717) is 10.8 Å². The number of carbonyl (C=O) groups excluding carboxylic acids is 1. The summed E-state index contributed by atoms with van der Waals surface area (Å²) in [6.07, 6.45) is 3.62. The number of thioether (sulfide) groups is 2. The third-order valence-corrected chi connectivity index (χ3v) is 3.56. The summed E-state index contributed by atoms with van der Waals surface area (Å²) >= 11 is 2.72. The molecule has 0 amide bonds. The second-order valence-corrected chi connectivity index (χ2v) is 4.20. The number of nitriles is 1. The highest BCUT2D eigenvalue weighted by Gasteiger charge is 2.15. The average molecular weight is 247 g/mol. The zero-order valence-electron chi connectivity index (χ0n) is 8.90. The Morgan fingerprint density at radius 1 is 1.33 bits per heavy atom. The molecule has 0 heterocycles. The van der Waals surface area contributed by atoms with Gasteiger partial charge in [-0.1, -0.05) is 0 Å². The second-order valence-electron chi connectivity index (χ2n) is 2.31. The molecule has 84 valence electrons. The van der Waals surface area contributed by atoms with Crippen LogP contribution < -0.4 is 0 Å². The lowest BCUT2D eigenvalue weighted by molar-refractivity contribution is -0.139. The van der Waals surface area contributed by atoms with Crippen molar-refractivity contribution in [1.82, 2.24) is 0 Å². The first-order valence-electron chi connectivity index (χ1n) is 4.09. The van der Waals surface area contributed by atoms with Crippen LogP contribution in [0.2, 0.25) is 0 Å². The summed E-state index contributed by atoms with van der Waals surface area (Å²) in [5.41, 5.74) is 0.0612. The fourth-order valence-corrected chi connectivity index (χ4v) is 2.08. The molecule has 6 heteroatoms. The fourth-order valence-electron chi connectivity index (χ4n) is 0.752. The highest BCUT2D eigenvalue weighted by atomic mass is 32.2. The van der Waals surface area contributed by atoms with Crippen LogP contribution in [0.4, 0.5) is 0 Å². The number of carbonyl (C=O) groups is 1. The van der Waals surface area contributed by atoms with E-state index in [1.54, 1.807) is 0 Å². The molecule has 0 spiro atoms. The highest BCUT2D eigenvalue weighted by Crippen LogP contribution is 2.27. The molecule has 0 radical (unpaired) electrons. The summed E-state index contributed by atoms with van der Waals surface area (Å²) in [6, 6.07) is 1.85. The first kappa shape index (κ1) is 14.4. The standard InChI is InChI=1S/C9H13NO3S2/c1-12-4-5-13-8(11)7(6-10)9(14-2)15-3/h4-5H2,1-3H3. The van der Waals surface area contributed by atoms with Gasteiger partial charge in [0.25, 0.3) is 0 Å². The minimum atomic E-state index is -0.590. The van der Waals surface area contributed by atoms with Gasteiger partial charge in [-0.15, -0.1) is 23.5 Å². The predicted molar refractivity (Wildman–Crippen MR) is 62.5 cm³/mol. The van der Waals surface area contributed by atoms with Gasteiger partial charge in [0.2, 0.25) is 0 Å². The second kappa shape index (κ2) is 8.65. The topological polar surface area (TPSA) is 59.3 Å². The maximum atomic E-state index is 11.4. The molecule has 0 N–H and O–H groups in total. The molecule has 0 unspecified atom stereocenters. The quantitative estimate of drug-likeness (QED) is 0.308. The number of esters is 1. The van der Waals surface area contributed by atoms with Crippen LogP contribution in [0.5, 0.6) is 0 Å². The van der Waals surface area contributed by atoms with Crippen molar-refractivity contribution in [1.29, 1.82) is 5.26 Å². The average Bonchev–Trinajstić information content (AvgIpc) is 2.25. The highest BCUT2D eigenvalue weighted by molar-refractivity contribution is 8.21. The molecule has 0 rings (SSSR count). The Morgan fingerprint density at radius 2 is 1.93 bits per heavy atom. The maximum Gasteiger partial charge on any atom is 0.350 e. The molecule has 4 nitrogen and oxygen atoms in total. The third kappa shape index (κ3) is 5.11. The number of rotatable bonds is 6. The van der Waals surface area contributed by atoms with Gasteiger partial charge in [-0.3, -0.25) is 0 Å². The summed E-state index contributed by atoms with van der Waals surface area (Å²) in [7, 11) is 1.52. The lowest BCUT2D eigenvalue weighted by Gasteiger charge is -2.05. The van der Waals surface area contributed by atoms with Crippen LogP contribution in [0.3, 0.4) is 0 Å². The van der Waals surface area contributed by atoms with Gasteiger partial charge in [-0.05, 0) is 12.5 Å². The summed E-state index contributed by atoms with van der Waals surface area (Å²) in [6.45, 7) is 0.495. The molecular formula is C9H13NO3S2. The van der Waals surface area contributed by atoms with Gasteiger partial charge in [0, 0.05) is 7.11 Å². The molecule has 0 atom stereocenters. The molecule has 0 aliphatic heterocycles. The van der Waals surface area contributed by atoms with Crippen molar-refractivity contribution in [3.63, 3.8) is 0 Å². The Kier molecular flexibility index (Phi) is 8.28. The fraction of sp³-hybridized carbons (Fsp3) is 0.556. The van der Waals surface area contributed by atoms with Gasteiger partial charge in [0.05, 0.1) is 10.8 Å². The SMILES string of the molecule is COCCOC(=O)C(C#N)=C(SC)SC. The summed E-state index contributed by atoms with van der Waals surface area (Å²) < 4.78 is 10.2. The Balaban J connectivity index is 4.48. The van der Waals surface area contributed by atoms with E-state index < -0.39 is 5.97 Å². The van der Waals surface area contributed by atoms with E-state index >= 15 is 0 Å². The van der Waals surface area contributed by atoms with E-state index in [0.717, 1.165) is 0 Å². The Hall–Kier alpha value is -0.640. The van der Waals surface area contributed by atoms with Gasteiger partial charge in [0.15, 0.2) is 5.57 Å². The summed E-state index contributed by atoms with van der Waals surface area (Å²) in [5.74, 6) is -0.590. The first-order chi connectivity index (χ1) is 7.21. The summed E-state index contributed by atoms with van der Waals surface area (Å²) in [4.78, 5) is 11.4. The molecule has 15 heavy (non-hydrogen) atoms. The van der Waals surface area contributed by atoms with Crippen molar-refractivity contribution in [3.8, 4) is 6.07 Å². The van der Waals surface area contributed by atoms with Crippen molar-refractivity contribution < 1.29 is 14.3 Å². The van der Waals surface area contributed by atoms with Crippen molar-refractivity contribution in [2.75, 3.05) is 32.8 Å². The monoisotopic (exact) mass is 247 g/mol. The molecule has 0 aromatic carbocycles. The van der Waals surface area contributed by atoms with Crippen LogP contribution in [0.15, 0.2) is 9.81 Å². The third-order valence-electron chi connectivity index (χ3n) is 1.41. The van der Waals surface area contributed by atoms with Crippen LogP contribution in [0, 0.1) is 11.3 Å². The number of ether oxygens (including phenoxy) is 2. The van der Waals surface area contributed by atoms with Crippen molar-refractivity contribution in [2.24, 2.45) is 0 Å². The van der Waals surface area contributed by atoms with E-state index in [4.69, 9.17) is 14.7 Å². The Morgan fingerprint density at radius 3 is 2.33 bits per heavy atom. The molecule has 0 aromatic rings. The number of hydrogen-bond donors (Lipinski definition) is 0. The van der Waals surface area contributed by atoms with Crippen molar-refractivity contribution in [2.45, 2.75) is 0 Å². The zero-order valence-corrected chi connectivity index (χ0v) is 10.5. The minimum Gasteiger partial charge on any atom is -0.459 e. The van der Waals surface area contributed by atoms with E-state index in [2.05, 4.69) is 0 Å². The smallest absolute Gasteiger partial charge is 0.350 e. The van der Waals surface area contributed by atoms with Crippen LogP contribution >= 0.6 is 23.5 Å². The van der Waals surface area contributed by atoms with E-state index in [1.807, 2.05) is 18.6 Å². The van der Waals surface area contributed by atoms with Gasteiger partial charge < -0.3 is 9.47 Å². The Bertz CT molecular complexity index is 278. The van der Waals surface area contributed by atoms with E-state index in [-0.39, 0.29) is 12.2 Å². The number of methoxy groups -OCH3 is 1. The van der Waals surface area contributed by atoms with Crippen molar-refractivity contribution >= 4 is 29.5 Å². The van der Waals surface area contributed by atoms with Crippen LogP contribution in [0.1, 0.15) is 0 Å². The lowest BCUT2D eigenvalue weighted by atomic mass is 10.3. The van der Waals surface area contributed by atoms with E-state index in [9.17, 15) is 4.79 Å². The van der Waals surface area contributed by atoms with Gasteiger partial charge in [-0.2, -0.15) is 5.26 Å². The van der Waals surface area contributed by atoms with Gasteiger partial charge in [0.1, 0.15) is 12.7 Å². The predicted octanol–water partition coefficient (Wildman–Crippen LogP) is 1.64. The molecule has 0 aromatic heterocycles. The van der Waals surface area contributed by atoms with Gasteiger partial charge >= 0.3 is 5.97 Å². The zero-order chi connectivity index (χ0) is 11.7. The Labute approximate surface area is 98.0 Å². The normalized spacial score (nSPS) is 9.20. The van der Waals surface area contributed by atoms with Gasteiger partial charge in [-0.25, -0.2) is 4.79 Å². The summed E-state index contributed by atoms with van der Waals surface area (Å²) in [5, 5.41) is 8.82. The van der Waals surface area contributed by atoms with Crippen LogP contribution in [0.25, 0.3) is 0 Å². The maximum absolute atomic E-state index is 11.4. The molecular weight excluding hydrogens is 234 g/mol. The minimum absolute atomic E-state index is 0.0612. The molecule has 0 bridgehead atoms. The lowest BCUT2D eigenvalue weighted by Crippen LogP contribution is -2.11. The van der Waals surface area contributed by atoms with E-state index in [1.165, 1.54) is 30.6 Å².